The maximum Gasteiger partial charge on any atom is 0.472 e. The Bertz CT molecular complexity index is 1800. The third-order valence-electron chi connectivity index (χ3n) is 15.4. The number of esters is 4. The molecule has 0 fully saturated rings. The number of phosphoric acid groups is 2. The van der Waals surface area contributed by atoms with E-state index in [2.05, 4.69) is 58.9 Å². The van der Waals surface area contributed by atoms with Crippen LogP contribution < -0.4 is 0 Å². The van der Waals surface area contributed by atoms with E-state index in [1.807, 2.05) is 0 Å². The number of carbonyl (C=O) groups excluding carboxylic acids is 4. The molecule has 17 nitrogen and oxygen atoms in total. The van der Waals surface area contributed by atoms with Crippen LogP contribution in [-0.4, -0.2) is 96.7 Å². The quantitative estimate of drug-likeness (QED) is 0.0169. The Hall–Kier alpha value is -2.46. The molecule has 0 aliphatic rings. The minimum atomic E-state index is -4.96. The van der Waals surface area contributed by atoms with E-state index in [0.717, 1.165) is 128 Å². The molecule has 0 heterocycles. The minimum absolute atomic E-state index is 0.101. The summed E-state index contributed by atoms with van der Waals surface area (Å²) >= 11 is 0. The van der Waals surface area contributed by atoms with Crippen molar-refractivity contribution in [2.45, 2.75) is 348 Å². The van der Waals surface area contributed by atoms with E-state index < -0.39 is 97.5 Å². The molecule has 2 unspecified atom stereocenters. The topological polar surface area (TPSA) is 237 Å². The van der Waals surface area contributed by atoms with E-state index in [1.165, 1.54) is 122 Å². The fraction of sp³-hybridized carbons (Fsp3) is 0.884. The third kappa shape index (κ3) is 62.4. The van der Waals surface area contributed by atoms with Gasteiger partial charge in [0.15, 0.2) is 12.2 Å². The molecule has 0 aromatic carbocycles. The van der Waals surface area contributed by atoms with E-state index in [9.17, 15) is 43.2 Å². The highest BCUT2D eigenvalue weighted by molar-refractivity contribution is 7.47. The zero-order valence-electron chi connectivity index (χ0n) is 56.3. The van der Waals surface area contributed by atoms with E-state index in [1.54, 1.807) is 0 Å². The summed E-state index contributed by atoms with van der Waals surface area (Å²) in [5, 5.41) is 10.5. The second-order valence-electron chi connectivity index (χ2n) is 24.7. The monoisotopic (exact) mass is 1290 g/mol. The highest BCUT2D eigenvalue weighted by Crippen LogP contribution is 2.45. The van der Waals surface area contributed by atoms with Crippen LogP contribution in [0.25, 0.3) is 0 Å². The molecule has 0 saturated heterocycles. The first kappa shape index (κ1) is 85.5. The molecule has 0 radical (unpaired) electrons. The van der Waals surface area contributed by atoms with Gasteiger partial charge in [0, 0.05) is 25.7 Å². The second kappa shape index (κ2) is 62.0. The Morgan fingerprint density at radius 3 is 0.932 bits per heavy atom. The smallest absolute Gasteiger partial charge is 0.462 e. The number of unbranched alkanes of at least 4 members (excludes halogenated alkanes) is 36. The fourth-order valence-electron chi connectivity index (χ4n) is 9.93. The van der Waals surface area contributed by atoms with Gasteiger partial charge in [0.1, 0.15) is 19.3 Å². The van der Waals surface area contributed by atoms with Crippen molar-refractivity contribution in [1.82, 2.24) is 0 Å². The summed E-state index contributed by atoms with van der Waals surface area (Å²) in [4.78, 5) is 72.3. The Morgan fingerprint density at radius 1 is 0.352 bits per heavy atom. The van der Waals surface area contributed by atoms with Gasteiger partial charge in [-0.05, 0) is 57.3 Å². The molecule has 518 valence electrons. The lowest BCUT2D eigenvalue weighted by molar-refractivity contribution is -0.161. The maximum atomic E-state index is 13.0. The molecule has 0 rings (SSSR count). The zero-order chi connectivity index (χ0) is 64.9. The molecule has 0 aromatic rings. The summed E-state index contributed by atoms with van der Waals surface area (Å²) in [5.74, 6) is -1.37. The number of hydrogen-bond acceptors (Lipinski definition) is 15. The van der Waals surface area contributed by atoms with Crippen LogP contribution in [0.15, 0.2) is 24.3 Å². The van der Waals surface area contributed by atoms with Crippen LogP contribution in [0.4, 0.5) is 0 Å². The van der Waals surface area contributed by atoms with Gasteiger partial charge in [-0.3, -0.25) is 37.3 Å². The van der Waals surface area contributed by atoms with E-state index in [4.69, 9.17) is 37.0 Å². The van der Waals surface area contributed by atoms with Gasteiger partial charge < -0.3 is 33.8 Å². The van der Waals surface area contributed by atoms with Crippen LogP contribution in [0.1, 0.15) is 330 Å². The van der Waals surface area contributed by atoms with Crippen LogP contribution in [0.2, 0.25) is 0 Å². The Balaban J connectivity index is 5.22. The number of aliphatic hydroxyl groups is 1. The van der Waals surface area contributed by atoms with Crippen LogP contribution >= 0.6 is 15.6 Å². The molecule has 0 aliphatic heterocycles. The van der Waals surface area contributed by atoms with Crippen LogP contribution in [0, 0.1) is 5.92 Å². The molecule has 0 amide bonds. The molecule has 0 aliphatic carbocycles. The van der Waals surface area contributed by atoms with Gasteiger partial charge >= 0.3 is 39.5 Å². The summed E-state index contributed by atoms with van der Waals surface area (Å²) in [6, 6.07) is 0. The standard InChI is InChI=1S/C69H130O17P2/c1-6-9-12-15-18-21-22-23-24-28-31-34-39-43-48-53-67(72)80-59-65(86-69(74)55-50-45-40-35-32-29-26-25-27-30-33-36-41-46-51-62(4)5)61-84-88(77,78)82-57-63(70)56-81-87(75,76)83-60-64(85-68(73)54-49-44-38-20-17-14-11-8-3)58-79-66(71)52-47-42-37-19-16-13-10-7-2/h21-24,62-65,70H,6-20,25-61H2,1-5H3,(H,75,76)(H,77,78)/b22-21-,24-23-/t63-,64+,65+/m0/s1. The highest BCUT2D eigenvalue weighted by Gasteiger charge is 2.30. The maximum absolute atomic E-state index is 13.0. The van der Waals surface area contributed by atoms with Gasteiger partial charge in [0.25, 0.3) is 0 Å². The predicted molar refractivity (Wildman–Crippen MR) is 354 cm³/mol. The lowest BCUT2D eigenvalue weighted by Crippen LogP contribution is -2.30. The Labute approximate surface area is 535 Å². The minimum Gasteiger partial charge on any atom is -0.462 e. The molecular formula is C69H130O17P2. The van der Waals surface area contributed by atoms with E-state index in [-0.39, 0.29) is 25.7 Å². The lowest BCUT2D eigenvalue weighted by Gasteiger charge is -2.21. The van der Waals surface area contributed by atoms with Gasteiger partial charge in [-0.25, -0.2) is 9.13 Å². The van der Waals surface area contributed by atoms with Gasteiger partial charge in [0.2, 0.25) is 0 Å². The molecule has 0 spiro atoms. The van der Waals surface area contributed by atoms with Crippen molar-refractivity contribution >= 4 is 39.5 Å². The van der Waals surface area contributed by atoms with E-state index >= 15 is 0 Å². The highest BCUT2D eigenvalue weighted by atomic mass is 31.2. The van der Waals surface area contributed by atoms with Gasteiger partial charge in [-0.15, -0.1) is 0 Å². The van der Waals surface area contributed by atoms with Crippen molar-refractivity contribution in [1.29, 1.82) is 0 Å². The lowest BCUT2D eigenvalue weighted by atomic mass is 10.0. The molecule has 0 aromatic heterocycles. The molecule has 0 saturated carbocycles. The van der Waals surface area contributed by atoms with Crippen LogP contribution in [-0.2, 0) is 65.4 Å². The van der Waals surface area contributed by atoms with Crippen LogP contribution in [0.3, 0.4) is 0 Å². The Morgan fingerprint density at radius 2 is 0.614 bits per heavy atom. The molecule has 0 bridgehead atoms. The van der Waals surface area contributed by atoms with Crippen molar-refractivity contribution in [3.05, 3.63) is 24.3 Å². The zero-order valence-corrected chi connectivity index (χ0v) is 58.1. The van der Waals surface area contributed by atoms with Gasteiger partial charge in [-0.2, -0.15) is 0 Å². The van der Waals surface area contributed by atoms with Crippen molar-refractivity contribution < 1.29 is 80.2 Å². The average molecular weight is 1290 g/mol. The summed E-state index contributed by atoms with van der Waals surface area (Å²) in [7, 11) is -9.90. The fourth-order valence-corrected chi connectivity index (χ4v) is 11.5. The van der Waals surface area contributed by atoms with Crippen LogP contribution in [0.5, 0.6) is 0 Å². The summed E-state index contributed by atoms with van der Waals surface area (Å²) < 4.78 is 68.0. The average Bonchev–Trinajstić information content (AvgIpc) is 3.63. The number of allylic oxidation sites excluding steroid dienone is 4. The number of hydrogen-bond donors (Lipinski definition) is 3. The number of aliphatic hydroxyl groups excluding tert-OH is 1. The second-order valence-corrected chi connectivity index (χ2v) is 27.6. The Kier molecular flexibility index (Phi) is 60.3. The van der Waals surface area contributed by atoms with Crippen molar-refractivity contribution in [3.8, 4) is 0 Å². The molecular weight excluding hydrogens is 1160 g/mol. The first-order valence-electron chi connectivity index (χ1n) is 35.5. The third-order valence-corrected chi connectivity index (χ3v) is 17.3. The van der Waals surface area contributed by atoms with Crippen molar-refractivity contribution in [2.24, 2.45) is 5.92 Å². The van der Waals surface area contributed by atoms with E-state index in [0.29, 0.717) is 25.7 Å². The van der Waals surface area contributed by atoms with Crippen molar-refractivity contribution in [2.75, 3.05) is 39.6 Å². The van der Waals surface area contributed by atoms with Gasteiger partial charge in [0.05, 0.1) is 26.4 Å². The SMILES string of the molecule is CCCCCC/C=C\C=C/CCCCCCCC(=O)OC[C@H](COP(=O)(O)OC[C@@H](O)COP(=O)(O)OC[C@@H](COC(=O)CCCCCCCCCC)OC(=O)CCCCCCCCCC)OC(=O)CCCCCCCCCCCCCCCCC(C)C. The van der Waals surface area contributed by atoms with Crippen molar-refractivity contribution in [3.63, 3.8) is 0 Å². The largest absolute Gasteiger partial charge is 0.472 e. The molecule has 19 heteroatoms. The van der Waals surface area contributed by atoms with Gasteiger partial charge in [-0.1, -0.05) is 277 Å². The molecule has 88 heavy (non-hydrogen) atoms. The first-order chi connectivity index (χ1) is 42.5. The number of rotatable bonds is 67. The summed E-state index contributed by atoms with van der Waals surface area (Å²) in [6.45, 7) is 7.13. The summed E-state index contributed by atoms with van der Waals surface area (Å²) in [6.07, 6.45) is 50.9. The molecule has 3 N–H and O–H groups in total. The molecule has 5 atom stereocenters. The normalized spacial score (nSPS) is 14.3. The predicted octanol–water partition coefficient (Wildman–Crippen LogP) is 19.3. The number of carbonyl (C=O) groups is 4. The number of ether oxygens (including phenoxy) is 4. The summed E-state index contributed by atoms with van der Waals surface area (Å²) in [5.41, 5.74) is 0. The number of phosphoric ester groups is 2. The first-order valence-corrected chi connectivity index (χ1v) is 38.4.